The maximum absolute atomic E-state index is 14.2. The summed E-state index contributed by atoms with van der Waals surface area (Å²) in [5.74, 6) is 1.79. The summed E-state index contributed by atoms with van der Waals surface area (Å²) in [6, 6.07) is -0.346. The third kappa shape index (κ3) is 2.69. The Bertz CT molecular complexity index is 1070. The van der Waals surface area contributed by atoms with E-state index in [2.05, 4.69) is 44.3 Å². The van der Waals surface area contributed by atoms with Crippen LogP contribution in [0.5, 0.6) is 0 Å². The van der Waals surface area contributed by atoms with E-state index >= 15 is 0 Å². The Hall–Kier alpha value is -2.75. The number of anilines is 2. The van der Waals surface area contributed by atoms with Crippen LogP contribution in [0.3, 0.4) is 0 Å². The van der Waals surface area contributed by atoms with E-state index in [1.807, 2.05) is 6.20 Å². The van der Waals surface area contributed by atoms with E-state index in [0.29, 0.717) is 36.2 Å². The lowest BCUT2D eigenvalue weighted by Crippen LogP contribution is -2.39. The zero-order valence-corrected chi connectivity index (χ0v) is 17.0. The first-order valence-corrected chi connectivity index (χ1v) is 10.5. The predicted octanol–water partition coefficient (Wildman–Crippen LogP) is 2.15. The Morgan fingerprint density at radius 3 is 2.87 bits per heavy atom. The lowest BCUT2D eigenvalue weighted by Gasteiger charge is -2.26. The van der Waals surface area contributed by atoms with Gasteiger partial charge in [-0.25, -0.2) is 9.37 Å². The van der Waals surface area contributed by atoms with Crippen LogP contribution in [-0.4, -0.2) is 68.3 Å². The van der Waals surface area contributed by atoms with Gasteiger partial charge in [0.05, 0.1) is 18.8 Å². The van der Waals surface area contributed by atoms with Crippen molar-refractivity contribution in [3.05, 3.63) is 18.7 Å². The molecule has 0 bridgehead atoms. The fourth-order valence-corrected chi connectivity index (χ4v) is 5.13. The lowest BCUT2D eigenvalue weighted by molar-refractivity contribution is 0.0284. The van der Waals surface area contributed by atoms with Crippen LogP contribution in [0.2, 0.25) is 0 Å². The lowest BCUT2D eigenvalue weighted by atomic mass is 10.1. The number of rotatable bonds is 4. The Labute approximate surface area is 173 Å². The number of aromatic amines is 1. The molecule has 3 aliphatic rings. The smallest absolute Gasteiger partial charge is 0.243 e. The zero-order chi connectivity index (χ0) is 20.5. The third-order valence-corrected chi connectivity index (χ3v) is 7.17. The van der Waals surface area contributed by atoms with Gasteiger partial charge in [-0.05, 0) is 23.7 Å². The van der Waals surface area contributed by atoms with Crippen molar-refractivity contribution in [3.63, 3.8) is 0 Å². The highest BCUT2D eigenvalue weighted by molar-refractivity contribution is 5.85. The molecule has 2 N–H and O–H groups in total. The van der Waals surface area contributed by atoms with E-state index in [0.717, 1.165) is 35.7 Å². The minimum atomic E-state index is -1.07. The molecular weight excluding hydrogens is 387 g/mol. The monoisotopic (exact) mass is 412 g/mol. The second-order valence-corrected chi connectivity index (χ2v) is 9.20. The van der Waals surface area contributed by atoms with Gasteiger partial charge in [0.15, 0.2) is 5.65 Å². The molecule has 0 amide bonds. The molecule has 30 heavy (non-hydrogen) atoms. The fourth-order valence-electron chi connectivity index (χ4n) is 5.13. The molecule has 0 spiro atoms. The van der Waals surface area contributed by atoms with Gasteiger partial charge in [-0.3, -0.25) is 5.10 Å². The Morgan fingerprint density at radius 1 is 1.30 bits per heavy atom. The van der Waals surface area contributed by atoms with Gasteiger partial charge in [0.25, 0.3) is 0 Å². The van der Waals surface area contributed by atoms with Crippen molar-refractivity contribution in [1.29, 1.82) is 0 Å². The van der Waals surface area contributed by atoms with Crippen LogP contribution in [0.15, 0.2) is 18.7 Å². The van der Waals surface area contributed by atoms with E-state index in [1.54, 1.807) is 17.0 Å². The molecule has 9 nitrogen and oxygen atoms in total. The van der Waals surface area contributed by atoms with Crippen LogP contribution in [0, 0.1) is 17.3 Å². The maximum atomic E-state index is 14.2. The van der Waals surface area contributed by atoms with Crippen LogP contribution >= 0.6 is 0 Å². The van der Waals surface area contributed by atoms with Crippen molar-refractivity contribution < 1.29 is 9.13 Å². The highest BCUT2D eigenvalue weighted by Gasteiger charge is 2.62. The largest absolute Gasteiger partial charge is 0.378 e. The summed E-state index contributed by atoms with van der Waals surface area (Å²) in [5, 5.41) is 14.7. The first-order valence-electron chi connectivity index (χ1n) is 10.5. The Kier molecular flexibility index (Phi) is 3.83. The molecule has 3 aromatic heterocycles. The topological polar surface area (TPSA) is 96.3 Å². The minimum Gasteiger partial charge on any atom is -0.378 e. The van der Waals surface area contributed by atoms with Crippen LogP contribution in [0.4, 0.5) is 16.0 Å². The van der Waals surface area contributed by atoms with Crippen LogP contribution in [0.25, 0.3) is 16.9 Å². The number of hydrogen-bond donors (Lipinski definition) is 2. The highest BCUT2D eigenvalue weighted by Crippen LogP contribution is 2.62. The number of hydrogen-bond acceptors (Lipinski definition) is 7. The number of ether oxygens (including phenoxy) is 1. The molecule has 6 rings (SSSR count). The molecule has 10 heteroatoms. The van der Waals surface area contributed by atoms with Gasteiger partial charge in [0.2, 0.25) is 5.95 Å². The Balaban J connectivity index is 1.39. The quantitative estimate of drug-likeness (QED) is 0.678. The van der Waals surface area contributed by atoms with E-state index < -0.39 is 6.17 Å². The van der Waals surface area contributed by atoms with Crippen LogP contribution in [0.1, 0.15) is 20.3 Å². The second kappa shape index (κ2) is 6.37. The van der Waals surface area contributed by atoms with Gasteiger partial charge >= 0.3 is 0 Å². The molecule has 1 saturated carbocycles. The van der Waals surface area contributed by atoms with Crippen molar-refractivity contribution >= 4 is 17.3 Å². The number of H-pyrrole nitrogens is 1. The average molecular weight is 412 g/mol. The van der Waals surface area contributed by atoms with E-state index in [4.69, 9.17) is 9.72 Å². The molecule has 0 aromatic carbocycles. The van der Waals surface area contributed by atoms with E-state index in [1.165, 1.54) is 0 Å². The predicted molar refractivity (Wildman–Crippen MR) is 109 cm³/mol. The van der Waals surface area contributed by atoms with Gasteiger partial charge in [0.1, 0.15) is 23.9 Å². The molecule has 3 aromatic rings. The first-order chi connectivity index (χ1) is 14.5. The number of halogens is 1. The highest BCUT2D eigenvalue weighted by atomic mass is 19.1. The molecule has 0 radical (unpaired) electrons. The SMILES string of the molecule is CC1(C)C2CN(c3c(-c4cn[nH]c4)ncn4nc(N[C@H]5CCOC[C@H]5F)nc34)CC21. The average Bonchev–Trinajstić information content (AvgIpc) is 3.31. The minimum absolute atomic E-state index is 0.106. The molecule has 1 aliphatic carbocycles. The second-order valence-electron chi connectivity index (χ2n) is 9.20. The molecule has 5 heterocycles. The van der Waals surface area contributed by atoms with Crippen LogP contribution < -0.4 is 10.2 Å². The zero-order valence-electron chi connectivity index (χ0n) is 17.0. The number of alkyl halides is 1. The van der Waals surface area contributed by atoms with E-state index in [9.17, 15) is 4.39 Å². The molecule has 2 saturated heterocycles. The van der Waals surface area contributed by atoms with Crippen molar-refractivity contribution in [2.24, 2.45) is 17.3 Å². The van der Waals surface area contributed by atoms with Gasteiger partial charge in [-0.15, -0.1) is 5.10 Å². The van der Waals surface area contributed by atoms with Crippen molar-refractivity contribution in [3.8, 4) is 11.3 Å². The molecule has 2 aliphatic heterocycles. The maximum Gasteiger partial charge on any atom is 0.243 e. The van der Waals surface area contributed by atoms with Crippen molar-refractivity contribution in [2.45, 2.75) is 32.5 Å². The summed E-state index contributed by atoms with van der Waals surface area (Å²) in [4.78, 5) is 11.8. The van der Waals surface area contributed by atoms with Gasteiger partial charge in [-0.2, -0.15) is 14.6 Å². The third-order valence-electron chi connectivity index (χ3n) is 7.17. The number of nitrogens with one attached hydrogen (secondary N) is 2. The first kappa shape index (κ1) is 18.1. The van der Waals surface area contributed by atoms with E-state index in [-0.39, 0.29) is 12.6 Å². The summed E-state index contributed by atoms with van der Waals surface area (Å²) in [5.41, 5.74) is 3.85. The number of nitrogens with zero attached hydrogens (tertiary/aromatic N) is 6. The Morgan fingerprint density at radius 2 is 2.13 bits per heavy atom. The normalized spacial score (nSPS) is 29.9. The summed E-state index contributed by atoms with van der Waals surface area (Å²) < 4.78 is 21.1. The van der Waals surface area contributed by atoms with Gasteiger partial charge < -0.3 is 15.0 Å². The standard InChI is InChI=1S/C20H25FN8O/c1-20(2)12-7-28(8-13(12)20)17-16(11-5-23-24-6-11)22-10-29-18(17)26-19(27-29)25-15-3-4-30-9-14(15)21/h5-6,10,12-15H,3-4,7-9H2,1-2H3,(H,23,24)(H,25,27)/t12?,13?,14-,15+/m1/s1. The van der Waals surface area contributed by atoms with Gasteiger partial charge in [-0.1, -0.05) is 13.8 Å². The number of fused-ring (bicyclic) bond motifs is 2. The summed E-state index contributed by atoms with van der Waals surface area (Å²) in [7, 11) is 0. The summed E-state index contributed by atoms with van der Waals surface area (Å²) in [6.45, 7) is 7.29. The van der Waals surface area contributed by atoms with Crippen molar-refractivity contribution in [1.82, 2.24) is 29.8 Å². The molecular formula is C20H25FN8O. The summed E-state index contributed by atoms with van der Waals surface area (Å²) in [6.07, 6.45) is 4.80. The molecule has 3 fully saturated rings. The molecule has 4 atom stereocenters. The fraction of sp³-hybridized carbons (Fsp3) is 0.600. The number of piperidine rings is 1. The summed E-state index contributed by atoms with van der Waals surface area (Å²) >= 11 is 0. The molecule has 2 unspecified atom stereocenters. The molecule has 158 valence electrons. The van der Waals surface area contributed by atoms with Crippen LogP contribution in [-0.2, 0) is 4.74 Å². The van der Waals surface area contributed by atoms with Crippen molar-refractivity contribution in [2.75, 3.05) is 36.5 Å². The van der Waals surface area contributed by atoms with Gasteiger partial charge in [0, 0.05) is 31.5 Å². The number of aromatic nitrogens is 6.